The topological polar surface area (TPSA) is 8.17 Å². The summed E-state index contributed by atoms with van der Waals surface area (Å²) in [6.45, 7) is 0.776. The van der Waals surface area contributed by atoms with Crippen LogP contribution in [-0.2, 0) is 6.54 Å². The Kier molecular flexibility index (Phi) is 9.34. The molecule has 0 N–H and O–H groups in total. The number of rotatable bonds is 7. The van der Waals surface area contributed by atoms with E-state index in [4.69, 9.17) is 0 Å². The third-order valence-corrected chi connectivity index (χ3v) is 13.0. The molecule has 2 heteroatoms. The summed E-state index contributed by atoms with van der Waals surface area (Å²) in [5, 5.41) is 1.28. The summed E-state index contributed by atoms with van der Waals surface area (Å²) in [6.07, 6.45) is 10.1. The minimum absolute atomic E-state index is 0.776. The zero-order chi connectivity index (χ0) is 42.4. The third-order valence-electron chi connectivity index (χ3n) is 13.0. The summed E-state index contributed by atoms with van der Waals surface area (Å²) in [7, 11) is 0. The Balaban J connectivity index is 0.897. The molecule has 64 heavy (non-hydrogen) atoms. The molecule has 0 radical (unpaired) electrons. The van der Waals surface area contributed by atoms with E-state index in [-0.39, 0.29) is 0 Å². The van der Waals surface area contributed by atoms with Crippen LogP contribution in [0.25, 0.3) is 95.5 Å². The van der Waals surface area contributed by atoms with Crippen LogP contribution in [0.3, 0.4) is 0 Å². The monoisotopic (exact) mass is 816 g/mol. The average molecular weight is 817 g/mol. The highest BCUT2D eigenvalue weighted by atomic mass is 15.1. The average Bonchev–Trinajstić information content (AvgIpc) is 3.49. The maximum absolute atomic E-state index is 2.52. The van der Waals surface area contributed by atoms with Crippen LogP contribution in [0, 0.1) is 0 Å². The zero-order valence-electron chi connectivity index (χ0n) is 35.4. The van der Waals surface area contributed by atoms with Crippen LogP contribution in [0.15, 0.2) is 231 Å². The molecule has 10 aromatic rings. The predicted molar refractivity (Wildman–Crippen MR) is 271 cm³/mol. The molecule has 1 aliphatic carbocycles. The van der Waals surface area contributed by atoms with Crippen molar-refractivity contribution in [3.8, 4) is 72.4 Å². The van der Waals surface area contributed by atoms with Gasteiger partial charge in [0.25, 0.3) is 0 Å². The largest absolute Gasteiger partial charge is 0.336 e. The van der Waals surface area contributed by atoms with E-state index in [0.717, 1.165) is 18.7 Å². The fourth-order valence-electron chi connectivity index (χ4n) is 9.92. The summed E-state index contributed by atoms with van der Waals surface area (Å²) in [6, 6.07) is 79.8. The molecule has 1 aromatic heterocycles. The van der Waals surface area contributed by atoms with E-state index in [1.807, 2.05) is 0 Å². The fourth-order valence-corrected chi connectivity index (χ4v) is 9.92. The third kappa shape index (κ3) is 6.68. The lowest BCUT2D eigenvalue weighted by atomic mass is 9.90. The number of nitrogens with zero attached hydrogens (tertiary/aromatic N) is 2. The summed E-state index contributed by atoms with van der Waals surface area (Å²) in [4.78, 5) is 2.48. The van der Waals surface area contributed by atoms with Crippen LogP contribution >= 0.6 is 0 Å². The van der Waals surface area contributed by atoms with Crippen molar-refractivity contribution in [2.45, 2.75) is 13.0 Å². The first kappa shape index (κ1) is 37.6. The van der Waals surface area contributed by atoms with Crippen molar-refractivity contribution < 1.29 is 0 Å². The van der Waals surface area contributed by atoms with Gasteiger partial charge in [-0.1, -0.05) is 188 Å². The highest BCUT2D eigenvalue weighted by Gasteiger charge is 2.28. The number of aromatic nitrogens is 1. The van der Waals surface area contributed by atoms with Gasteiger partial charge in [-0.2, -0.15) is 0 Å². The number of hydrogen-bond donors (Lipinski definition) is 0. The van der Waals surface area contributed by atoms with E-state index in [9.17, 15) is 0 Å². The van der Waals surface area contributed by atoms with Crippen LogP contribution in [0.5, 0.6) is 0 Å². The van der Waals surface area contributed by atoms with Crippen LogP contribution in [-0.4, -0.2) is 4.57 Å². The molecule has 0 spiro atoms. The van der Waals surface area contributed by atoms with Crippen molar-refractivity contribution in [2.75, 3.05) is 4.90 Å². The van der Waals surface area contributed by atoms with Crippen molar-refractivity contribution >= 4 is 34.4 Å². The van der Waals surface area contributed by atoms with Gasteiger partial charge >= 0.3 is 0 Å². The Morgan fingerprint density at radius 1 is 0.344 bits per heavy atom. The second-order valence-corrected chi connectivity index (χ2v) is 16.8. The van der Waals surface area contributed by atoms with Crippen molar-refractivity contribution in [3.05, 3.63) is 247 Å². The molecule has 0 bridgehead atoms. The number of para-hydroxylation sites is 2. The van der Waals surface area contributed by atoms with Crippen LogP contribution in [0.2, 0.25) is 0 Å². The Hall–Kier alpha value is -8.20. The van der Waals surface area contributed by atoms with Gasteiger partial charge < -0.3 is 9.47 Å². The van der Waals surface area contributed by atoms with Gasteiger partial charge in [-0.25, -0.2) is 0 Å². The summed E-state index contributed by atoms with van der Waals surface area (Å²) in [5.74, 6) is 0. The summed E-state index contributed by atoms with van der Waals surface area (Å²) >= 11 is 0. The molecule has 0 amide bonds. The lowest BCUT2D eigenvalue weighted by Gasteiger charge is -2.33. The number of fused-ring (bicyclic) bond motifs is 7. The van der Waals surface area contributed by atoms with Crippen LogP contribution < -0.4 is 4.90 Å². The minimum atomic E-state index is 0.776. The van der Waals surface area contributed by atoms with Gasteiger partial charge in [0.2, 0.25) is 0 Å². The summed E-state index contributed by atoms with van der Waals surface area (Å²) < 4.78 is 2.52. The smallest absolute Gasteiger partial charge is 0.0597 e. The molecule has 2 nitrogen and oxygen atoms in total. The van der Waals surface area contributed by atoms with E-state index in [1.54, 1.807) is 0 Å². The molecule has 0 unspecified atom stereocenters. The molecule has 2 aliphatic rings. The maximum Gasteiger partial charge on any atom is 0.0597 e. The molecule has 0 atom stereocenters. The van der Waals surface area contributed by atoms with Crippen molar-refractivity contribution in [2.24, 2.45) is 0 Å². The molecule has 12 rings (SSSR count). The number of anilines is 2. The molecule has 0 fully saturated rings. The van der Waals surface area contributed by atoms with Crippen molar-refractivity contribution in [1.82, 2.24) is 4.57 Å². The molecular weight excluding hydrogens is 773 g/mol. The highest BCUT2D eigenvalue weighted by molar-refractivity contribution is 6.03. The highest BCUT2D eigenvalue weighted by Crippen LogP contribution is 2.47. The molecule has 0 saturated carbocycles. The van der Waals surface area contributed by atoms with Crippen LogP contribution in [0.1, 0.15) is 23.2 Å². The molecule has 1 aliphatic heterocycles. The van der Waals surface area contributed by atoms with Gasteiger partial charge in [-0.15, -0.1) is 0 Å². The summed E-state index contributed by atoms with van der Waals surface area (Å²) in [5.41, 5.74) is 23.3. The maximum atomic E-state index is 2.52. The molecule has 0 saturated heterocycles. The lowest BCUT2D eigenvalue weighted by Crippen LogP contribution is -2.22. The second kappa shape index (κ2) is 15.9. The first-order valence-electron chi connectivity index (χ1n) is 22.3. The van der Waals surface area contributed by atoms with Crippen molar-refractivity contribution in [3.63, 3.8) is 0 Å². The SMILES string of the molecule is C1=Cc2c(n(-c3cccc(-c4cccc(-c5ccc(-c6cccc(-c7cccc(-c8ccccc8)c7)c6)cc5)c4)c3)c3c4c(ccc23)-c2ccccc2N(c2ccccc2)C4)C=CC1. The number of benzene rings is 9. The van der Waals surface area contributed by atoms with Crippen LogP contribution in [0.4, 0.5) is 11.4 Å². The normalized spacial score (nSPS) is 12.7. The van der Waals surface area contributed by atoms with Gasteiger partial charge in [0.1, 0.15) is 0 Å². The van der Waals surface area contributed by atoms with E-state index < -0.39 is 0 Å². The Bertz CT molecular complexity index is 3420. The van der Waals surface area contributed by atoms with Gasteiger partial charge in [0, 0.05) is 39.1 Å². The Labute approximate surface area is 375 Å². The van der Waals surface area contributed by atoms with Gasteiger partial charge in [-0.05, 0) is 122 Å². The van der Waals surface area contributed by atoms with E-state index in [2.05, 4.69) is 252 Å². The quantitative estimate of drug-likeness (QED) is 0.156. The predicted octanol–water partition coefficient (Wildman–Crippen LogP) is 16.7. The molecule has 9 aromatic carbocycles. The van der Waals surface area contributed by atoms with E-state index >= 15 is 0 Å². The standard InChI is InChI=1S/C62H44N2/c1-4-16-43(17-5-1)46-18-12-21-49(38-46)50-22-13-19-47(39-50)44-32-34-45(35-33-44)48-20-14-23-51(40-48)52-24-15-27-54(41-52)64-61-31-9-3-8-28-57(61)58-37-36-55-56-29-10-11-30-60(56)63(42-59(55)62(58)64)53-25-6-2-7-26-53/h1-2,4-41H,3,42H2. The fraction of sp³-hybridized carbons (Fsp3) is 0.0323. The molecule has 2 heterocycles. The molecular formula is C62H44N2. The second-order valence-electron chi connectivity index (χ2n) is 16.8. The van der Waals surface area contributed by atoms with Crippen molar-refractivity contribution in [1.29, 1.82) is 0 Å². The lowest BCUT2D eigenvalue weighted by molar-refractivity contribution is 0.957. The van der Waals surface area contributed by atoms with E-state index in [0.29, 0.717) is 0 Å². The first-order chi connectivity index (χ1) is 31.7. The van der Waals surface area contributed by atoms with Gasteiger partial charge in [0.05, 0.1) is 17.8 Å². The number of allylic oxidation sites excluding steroid dienone is 2. The Morgan fingerprint density at radius 2 is 0.828 bits per heavy atom. The minimum Gasteiger partial charge on any atom is -0.336 e. The molecule has 302 valence electrons. The first-order valence-corrected chi connectivity index (χ1v) is 22.3. The van der Waals surface area contributed by atoms with E-state index in [1.165, 1.54) is 106 Å². The Morgan fingerprint density at radius 3 is 1.47 bits per heavy atom. The zero-order valence-corrected chi connectivity index (χ0v) is 35.4. The van der Waals surface area contributed by atoms with Gasteiger partial charge in [-0.3, -0.25) is 0 Å². The van der Waals surface area contributed by atoms with Gasteiger partial charge in [0.15, 0.2) is 0 Å². The number of hydrogen-bond acceptors (Lipinski definition) is 1.